The van der Waals surface area contributed by atoms with Crippen LogP contribution in [0.2, 0.25) is 0 Å². The van der Waals surface area contributed by atoms with E-state index in [-0.39, 0.29) is 37.8 Å². The molecule has 2 N–H and O–H groups in total. The molecule has 0 spiro atoms. The van der Waals surface area contributed by atoms with E-state index in [1.165, 1.54) is 0 Å². The third-order valence-electron chi connectivity index (χ3n) is 6.06. The van der Waals surface area contributed by atoms with Crippen LogP contribution in [0, 0.1) is 11.8 Å². The Morgan fingerprint density at radius 2 is 1.11 bits per heavy atom. The van der Waals surface area contributed by atoms with Crippen LogP contribution in [0.4, 0.5) is 17.6 Å². The second kappa shape index (κ2) is 8.88. The lowest BCUT2D eigenvalue weighted by Gasteiger charge is -2.12. The molecule has 2 aromatic carbocycles. The van der Waals surface area contributed by atoms with Crippen molar-refractivity contribution in [3.63, 3.8) is 0 Å². The summed E-state index contributed by atoms with van der Waals surface area (Å²) in [6, 6.07) is 13.1. The smallest absolute Gasteiger partial charge is 0.261 e. The fraction of sp³-hybridized carbons (Fsp3) is 0.333. The maximum Gasteiger partial charge on any atom is 0.261 e. The van der Waals surface area contributed by atoms with E-state index < -0.39 is 35.5 Å². The number of carbonyl (C=O) groups excluding carboxylic acids is 4. The van der Waals surface area contributed by atoms with Crippen LogP contribution in [0.25, 0.3) is 0 Å². The van der Waals surface area contributed by atoms with Gasteiger partial charge in [0.2, 0.25) is 0 Å². The molecule has 2 saturated carbocycles. The van der Waals surface area contributed by atoms with Gasteiger partial charge < -0.3 is 5.11 Å². The molecule has 0 saturated heterocycles. The first kappa shape index (κ1) is 24.5. The Morgan fingerprint density at radius 1 is 0.743 bits per heavy atom. The average molecular weight is 492 g/mol. The third-order valence-corrected chi connectivity index (χ3v) is 6.06. The molecule has 2 aliphatic carbocycles. The second-order valence-electron chi connectivity index (χ2n) is 8.60. The lowest BCUT2D eigenvalue weighted by molar-refractivity contribution is 0.0583. The second-order valence-corrected chi connectivity index (χ2v) is 8.60. The van der Waals surface area contributed by atoms with E-state index in [0.29, 0.717) is 22.3 Å². The molecule has 0 aromatic heterocycles. The summed E-state index contributed by atoms with van der Waals surface area (Å²) in [6.07, 6.45) is -0.357. The van der Waals surface area contributed by atoms with Crippen LogP contribution in [0.5, 0.6) is 0 Å². The number of aliphatic hydroxyl groups is 1. The lowest BCUT2D eigenvalue weighted by Crippen LogP contribution is -2.32. The molecule has 2 fully saturated rings. The molecule has 0 radical (unpaired) electrons. The topological polar surface area (TPSA) is 104 Å². The summed E-state index contributed by atoms with van der Waals surface area (Å²) in [5, 5.41) is 10.3. The molecule has 7 nitrogen and oxygen atoms in total. The van der Waals surface area contributed by atoms with Crippen LogP contribution in [-0.2, 0) is 0 Å². The fourth-order valence-corrected chi connectivity index (χ4v) is 3.68. The van der Waals surface area contributed by atoms with E-state index in [1.54, 1.807) is 48.5 Å². The van der Waals surface area contributed by atoms with Gasteiger partial charge in [0.25, 0.3) is 35.5 Å². The zero-order valence-electron chi connectivity index (χ0n) is 18.1. The lowest BCUT2D eigenvalue weighted by atomic mass is 10.1. The van der Waals surface area contributed by atoms with Crippen molar-refractivity contribution in [1.29, 1.82) is 0 Å². The number of carbonyl (C=O) groups is 4. The Labute approximate surface area is 196 Å². The van der Waals surface area contributed by atoms with Gasteiger partial charge in [-0.05, 0) is 24.3 Å². The SMILES string of the molecule is O=C1NC(=O)c2ccccc21.O=C1c2ccccc2C(=O)N1CC1CC1(F)F.OCC1CC1(F)F. The zero-order chi connectivity index (χ0) is 25.5. The van der Waals surface area contributed by atoms with Crippen molar-refractivity contribution in [1.82, 2.24) is 10.2 Å². The number of alkyl halides is 4. The van der Waals surface area contributed by atoms with Gasteiger partial charge in [-0.25, -0.2) is 17.6 Å². The summed E-state index contributed by atoms with van der Waals surface area (Å²) in [5.74, 6) is -8.38. The Hall–Kier alpha value is -3.60. The third kappa shape index (κ3) is 4.95. The molecule has 2 aliphatic heterocycles. The standard InChI is InChI=1S/C12H9F2NO2.C8H5NO2.C4H6F2O/c13-12(14)5-7(12)6-15-10(16)8-3-1-2-4-9(8)11(15)17;10-7-5-3-1-2-4-6(5)8(11)9-7;5-4(6)1-3(4)2-7/h1-4,7H,5-6H2;1-4H,(H,9,10,11);3,7H,1-2H2. The van der Waals surface area contributed by atoms with Crippen LogP contribution >= 0.6 is 0 Å². The van der Waals surface area contributed by atoms with Crippen molar-refractivity contribution in [3.8, 4) is 0 Å². The van der Waals surface area contributed by atoms with Crippen LogP contribution in [0.1, 0.15) is 54.3 Å². The molecular formula is C24H20F4N2O5. The maximum atomic E-state index is 12.8. The van der Waals surface area contributed by atoms with Crippen molar-refractivity contribution in [3.05, 3.63) is 70.8 Å². The Morgan fingerprint density at radius 3 is 1.43 bits per heavy atom. The number of halogens is 4. The molecule has 2 unspecified atom stereocenters. The van der Waals surface area contributed by atoms with Crippen LogP contribution in [0.3, 0.4) is 0 Å². The van der Waals surface area contributed by atoms with E-state index in [1.807, 2.05) is 0 Å². The molecule has 4 aliphatic rings. The molecule has 2 heterocycles. The van der Waals surface area contributed by atoms with E-state index >= 15 is 0 Å². The Kier molecular flexibility index (Phi) is 6.22. The molecule has 184 valence electrons. The number of rotatable bonds is 3. The number of hydrogen-bond donors (Lipinski definition) is 2. The summed E-state index contributed by atoms with van der Waals surface area (Å²) in [7, 11) is 0. The quantitative estimate of drug-likeness (QED) is 0.506. The summed E-state index contributed by atoms with van der Waals surface area (Å²) < 4.78 is 48.8. The van der Waals surface area contributed by atoms with Crippen LogP contribution in [0.15, 0.2) is 48.5 Å². The molecule has 6 rings (SSSR count). The van der Waals surface area contributed by atoms with E-state index in [9.17, 15) is 36.7 Å². The number of hydrogen-bond acceptors (Lipinski definition) is 5. The minimum absolute atomic E-state index is 0.122. The highest BCUT2D eigenvalue weighted by molar-refractivity contribution is 6.22. The number of nitrogens with zero attached hydrogens (tertiary/aromatic N) is 1. The van der Waals surface area contributed by atoms with Crippen molar-refractivity contribution in [2.75, 3.05) is 13.2 Å². The van der Waals surface area contributed by atoms with Crippen molar-refractivity contribution >= 4 is 23.6 Å². The molecule has 2 aromatic rings. The summed E-state index contributed by atoms with van der Waals surface area (Å²) in [5.41, 5.74) is 1.55. The van der Waals surface area contributed by atoms with Gasteiger partial charge in [0.1, 0.15) is 0 Å². The first-order valence-electron chi connectivity index (χ1n) is 10.7. The Bertz CT molecular complexity index is 1150. The molecule has 11 heteroatoms. The minimum Gasteiger partial charge on any atom is -0.396 e. The van der Waals surface area contributed by atoms with Crippen molar-refractivity contribution in [2.24, 2.45) is 11.8 Å². The van der Waals surface area contributed by atoms with Crippen LogP contribution < -0.4 is 5.32 Å². The van der Waals surface area contributed by atoms with Gasteiger partial charge in [0, 0.05) is 25.3 Å². The van der Waals surface area contributed by atoms with Gasteiger partial charge >= 0.3 is 0 Å². The van der Waals surface area contributed by atoms with Gasteiger partial charge in [-0.3, -0.25) is 29.4 Å². The summed E-state index contributed by atoms with van der Waals surface area (Å²) >= 11 is 0. The number of imide groups is 2. The van der Waals surface area contributed by atoms with Gasteiger partial charge in [-0.2, -0.15) is 0 Å². The minimum atomic E-state index is -2.71. The highest BCUT2D eigenvalue weighted by Gasteiger charge is 2.58. The molecule has 35 heavy (non-hydrogen) atoms. The van der Waals surface area contributed by atoms with Crippen molar-refractivity contribution < 1.29 is 41.8 Å². The van der Waals surface area contributed by atoms with Gasteiger partial charge in [-0.1, -0.05) is 24.3 Å². The van der Waals surface area contributed by atoms with Gasteiger partial charge in [-0.15, -0.1) is 0 Å². The zero-order valence-corrected chi connectivity index (χ0v) is 18.1. The normalized spacial score (nSPS) is 23.9. The van der Waals surface area contributed by atoms with E-state index in [4.69, 9.17) is 5.11 Å². The predicted octanol–water partition coefficient (Wildman–Crippen LogP) is 3.14. The van der Waals surface area contributed by atoms with E-state index in [0.717, 1.165) is 4.90 Å². The number of nitrogens with one attached hydrogen (secondary N) is 1. The highest BCUT2D eigenvalue weighted by Crippen LogP contribution is 2.49. The first-order chi connectivity index (χ1) is 16.5. The fourth-order valence-electron chi connectivity index (χ4n) is 3.68. The van der Waals surface area contributed by atoms with Gasteiger partial charge in [0.15, 0.2) is 0 Å². The summed E-state index contributed by atoms with van der Waals surface area (Å²) in [4.78, 5) is 46.5. The highest BCUT2D eigenvalue weighted by atomic mass is 19.3. The molecule has 0 bridgehead atoms. The van der Waals surface area contributed by atoms with Crippen molar-refractivity contribution in [2.45, 2.75) is 24.7 Å². The van der Waals surface area contributed by atoms with Crippen LogP contribution in [-0.4, -0.2) is 58.6 Å². The van der Waals surface area contributed by atoms with Gasteiger partial charge in [0.05, 0.1) is 34.8 Å². The monoisotopic (exact) mass is 492 g/mol. The number of benzene rings is 2. The number of amides is 4. The van der Waals surface area contributed by atoms with E-state index in [2.05, 4.69) is 5.32 Å². The molecular weight excluding hydrogens is 472 g/mol. The predicted molar refractivity (Wildman–Crippen MR) is 113 cm³/mol. The largest absolute Gasteiger partial charge is 0.396 e. The average Bonchev–Trinajstić information content (AvgIpc) is 3.59. The number of aliphatic hydroxyl groups excluding tert-OH is 1. The molecule has 4 amide bonds. The Balaban J connectivity index is 0.000000137. The summed E-state index contributed by atoms with van der Waals surface area (Å²) in [6.45, 7) is -0.549. The number of fused-ring (bicyclic) bond motifs is 2. The maximum absolute atomic E-state index is 12.8. The molecule has 2 atom stereocenters. The first-order valence-corrected chi connectivity index (χ1v) is 10.7.